The van der Waals surface area contributed by atoms with Crippen molar-refractivity contribution in [2.24, 2.45) is 26.3 Å². The lowest BCUT2D eigenvalue weighted by Gasteiger charge is -2.33. The molecule has 0 fully saturated rings. The van der Waals surface area contributed by atoms with Crippen molar-refractivity contribution in [1.82, 2.24) is 4.98 Å². The second-order valence-electron chi connectivity index (χ2n) is 12.4. The minimum atomic E-state index is -0.368. The number of hydrogen-bond donors (Lipinski definition) is 2. The van der Waals surface area contributed by atoms with Crippen LogP contribution in [-0.2, 0) is 12.8 Å². The predicted molar refractivity (Wildman–Crippen MR) is 186 cm³/mol. The molecule has 5 heterocycles. The van der Waals surface area contributed by atoms with Crippen LogP contribution in [-0.4, -0.2) is 27.2 Å². The van der Waals surface area contributed by atoms with E-state index in [0.29, 0.717) is 0 Å². The van der Waals surface area contributed by atoms with E-state index < -0.39 is 0 Å². The zero-order chi connectivity index (χ0) is 31.3. The molecule has 0 aromatic carbocycles. The van der Waals surface area contributed by atoms with Crippen LogP contribution in [0.5, 0.6) is 0 Å². The molecule has 0 saturated heterocycles. The Morgan fingerprint density at radius 2 is 1.32 bits per heavy atom. The fraction of sp³-hybridized carbons (Fsp3) is 0.462. The van der Waals surface area contributed by atoms with E-state index in [0.717, 1.165) is 108 Å². The van der Waals surface area contributed by atoms with Crippen LogP contribution in [0.3, 0.4) is 0 Å². The van der Waals surface area contributed by atoms with Crippen LogP contribution in [0.25, 0.3) is 12.2 Å². The number of aromatic nitrogens is 1. The molecule has 0 amide bonds. The summed E-state index contributed by atoms with van der Waals surface area (Å²) in [7, 11) is 0. The van der Waals surface area contributed by atoms with Crippen molar-refractivity contribution in [1.29, 1.82) is 0 Å². The topological polar surface area (TPSA) is 73.1 Å². The third-order valence-corrected chi connectivity index (χ3v) is 10.7. The Morgan fingerprint density at radius 1 is 0.705 bits per heavy atom. The molecule has 1 aromatic heterocycles. The van der Waals surface area contributed by atoms with Gasteiger partial charge in [-0.15, -0.1) is 0 Å². The zero-order valence-electron chi connectivity index (χ0n) is 27.9. The van der Waals surface area contributed by atoms with Crippen molar-refractivity contribution < 1.29 is 5.11 Å². The number of rotatable bonds is 8. The van der Waals surface area contributed by atoms with Gasteiger partial charge in [0.25, 0.3) is 0 Å². The number of aliphatic hydroxyl groups is 1. The van der Waals surface area contributed by atoms with Gasteiger partial charge in [-0.05, 0) is 115 Å². The largest absolute Gasteiger partial charge is 0.515 e. The Hall–Kier alpha value is -3.73. The van der Waals surface area contributed by atoms with Gasteiger partial charge in [-0.25, -0.2) is 9.98 Å². The van der Waals surface area contributed by atoms with Crippen LogP contribution in [0.15, 0.2) is 83.9 Å². The van der Waals surface area contributed by atoms with Crippen molar-refractivity contribution in [2.75, 3.05) is 0 Å². The van der Waals surface area contributed by atoms with E-state index in [1.165, 1.54) is 39.7 Å². The number of aliphatic imine (C=N–C) groups is 3. The van der Waals surface area contributed by atoms with E-state index in [1.54, 1.807) is 0 Å². The first-order chi connectivity index (χ1) is 21.4. The van der Waals surface area contributed by atoms with Crippen LogP contribution in [0, 0.1) is 11.3 Å². The maximum absolute atomic E-state index is 10.7. The normalized spacial score (nSPS) is 25.0. The SMILES string of the molecule is CCC1=C(CC)C2=NC1=Cc1[nH]c(c(CC)c1CC)C=C1N=C3C(=C/C(=C\O)[C@@]3(CC)[C@H]1CC)C1=NC(=C2)C(CC)=C1CC. The third kappa shape index (κ3) is 4.14. The highest BCUT2D eigenvalue weighted by Crippen LogP contribution is 2.57. The van der Waals surface area contributed by atoms with Crippen molar-refractivity contribution in [3.8, 4) is 0 Å². The summed E-state index contributed by atoms with van der Waals surface area (Å²) in [6, 6.07) is 0. The lowest BCUT2D eigenvalue weighted by molar-refractivity contribution is 0.344. The van der Waals surface area contributed by atoms with E-state index >= 15 is 0 Å². The fourth-order valence-electron chi connectivity index (χ4n) is 8.72. The second-order valence-corrected chi connectivity index (χ2v) is 12.4. The Kier molecular flexibility index (Phi) is 8.02. The molecule has 8 bridgehead atoms. The Morgan fingerprint density at radius 3 is 1.89 bits per heavy atom. The highest BCUT2D eigenvalue weighted by atomic mass is 16.2. The maximum Gasteiger partial charge on any atom is 0.0833 e. The van der Waals surface area contributed by atoms with Gasteiger partial charge in [-0.2, -0.15) is 0 Å². The monoisotopic (exact) mass is 588 g/mol. The van der Waals surface area contributed by atoms with Gasteiger partial charge in [-0.3, -0.25) is 4.99 Å². The highest BCUT2D eigenvalue weighted by Gasteiger charge is 2.55. The Bertz CT molecular complexity index is 1740. The third-order valence-electron chi connectivity index (χ3n) is 10.7. The van der Waals surface area contributed by atoms with Crippen molar-refractivity contribution >= 4 is 29.3 Å². The van der Waals surface area contributed by atoms with Crippen molar-refractivity contribution in [3.05, 3.63) is 91.5 Å². The standard InChI is InChI=1S/C39H48N4O/c1-9-23-24(10-2)33-19-35-27(13-5)28(14-6)37(42-35)29-17-22(21-44)39(16-8)30(15-7)36(43-38(29)39)20-34-26(12-4)25(11-3)32(41-34)18-31(23)40-33/h17-21,30,41,44H,9-16H2,1-8H3/b22-21+,31-18?,35-19?,36-20?/t30-,39-/m0/s1. The highest BCUT2D eigenvalue weighted by molar-refractivity contribution is 6.36. The lowest BCUT2D eigenvalue weighted by atomic mass is 9.67. The summed E-state index contributed by atoms with van der Waals surface area (Å²) in [5.41, 5.74) is 18.2. The summed E-state index contributed by atoms with van der Waals surface area (Å²) in [6.07, 6.45) is 17.7. The average molecular weight is 589 g/mol. The molecule has 1 aromatic rings. The molecule has 230 valence electrons. The van der Waals surface area contributed by atoms with E-state index in [2.05, 4.69) is 84.7 Å². The van der Waals surface area contributed by atoms with E-state index in [-0.39, 0.29) is 11.3 Å². The Balaban J connectivity index is 1.73. The number of hydrogen-bond acceptors (Lipinski definition) is 4. The molecule has 2 N–H and O–H groups in total. The molecule has 5 aliphatic rings. The first-order valence-electron chi connectivity index (χ1n) is 17.1. The molecule has 44 heavy (non-hydrogen) atoms. The summed E-state index contributed by atoms with van der Waals surface area (Å²) in [5.74, 6) is 0.158. The van der Waals surface area contributed by atoms with Gasteiger partial charge in [-0.1, -0.05) is 55.4 Å². The minimum Gasteiger partial charge on any atom is -0.515 e. The number of fused-ring (bicyclic) bond motifs is 6. The summed E-state index contributed by atoms with van der Waals surface area (Å²) >= 11 is 0. The quantitative estimate of drug-likeness (QED) is 0.291. The Labute approximate surface area is 263 Å². The molecule has 5 nitrogen and oxygen atoms in total. The van der Waals surface area contributed by atoms with E-state index in [1.807, 2.05) is 0 Å². The molecule has 0 unspecified atom stereocenters. The molecule has 0 spiro atoms. The molecule has 0 saturated carbocycles. The minimum absolute atomic E-state index is 0.158. The van der Waals surface area contributed by atoms with Crippen LogP contribution in [0.4, 0.5) is 0 Å². The number of nitrogens with zero attached hydrogens (tertiary/aromatic N) is 3. The fourth-order valence-corrected chi connectivity index (χ4v) is 8.72. The number of nitrogens with one attached hydrogen (secondary N) is 1. The van der Waals surface area contributed by atoms with Crippen molar-refractivity contribution in [3.63, 3.8) is 0 Å². The van der Waals surface area contributed by atoms with E-state index in [4.69, 9.17) is 15.0 Å². The molecular weight excluding hydrogens is 540 g/mol. The number of aliphatic hydroxyl groups excluding tert-OH is 1. The van der Waals surface area contributed by atoms with Gasteiger partial charge in [0.2, 0.25) is 0 Å². The van der Waals surface area contributed by atoms with Crippen LogP contribution in [0.2, 0.25) is 0 Å². The van der Waals surface area contributed by atoms with Gasteiger partial charge >= 0.3 is 0 Å². The smallest absolute Gasteiger partial charge is 0.0833 e. The molecule has 6 rings (SSSR count). The number of allylic oxidation sites excluding steroid dienone is 9. The lowest BCUT2D eigenvalue weighted by Crippen LogP contribution is -2.34. The average Bonchev–Trinajstić information content (AvgIpc) is 3.80. The first-order valence-corrected chi connectivity index (χ1v) is 17.1. The van der Waals surface area contributed by atoms with Gasteiger partial charge in [0.1, 0.15) is 0 Å². The maximum atomic E-state index is 10.7. The molecular formula is C39H48N4O. The van der Waals surface area contributed by atoms with Crippen molar-refractivity contribution in [2.45, 2.75) is 107 Å². The summed E-state index contributed by atoms with van der Waals surface area (Å²) < 4.78 is 0. The molecule has 1 aliphatic carbocycles. The van der Waals surface area contributed by atoms with Crippen LogP contribution >= 0.6 is 0 Å². The van der Waals surface area contributed by atoms with Gasteiger partial charge < -0.3 is 10.1 Å². The number of H-pyrrole nitrogens is 1. The first kappa shape index (κ1) is 30.3. The van der Waals surface area contributed by atoms with Crippen LogP contribution in [0.1, 0.15) is 116 Å². The van der Waals surface area contributed by atoms with Gasteiger partial charge in [0.05, 0.1) is 34.8 Å². The van der Waals surface area contributed by atoms with E-state index in [9.17, 15) is 5.11 Å². The molecule has 0 radical (unpaired) electrons. The van der Waals surface area contributed by atoms with Gasteiger partial charge in [0, 0.05) is 34.0 Å². The van der Waals surface area contributed by atoms with Crippen LogP contribution < -0.4 is 0 Å². The summed E-state index contributed by atoms with van der Waals surface area (Å²) in [5, 5.41) is 10.7. The summed E-state index contributed by atoms with van der Waals surface area (Å²) in [4.78, 5) is 20.0. The molecule has 2 atom stereocenters. The molecule has 4 aliphatic heterocycles. The van der Waals surface area contributed by atoms with Gasteiger partial charge in [0.15, 0.2) is 0 Å². The second kappa shape index (κ2) is 11.6. The number of aromatic amines is 1. The summed E-state index contributed by atoms with van der Waals surface area (Å²) in [6.45, 7) is 17.9. The zero-order valence-corrected chi connectivity index (χ0v) is 27.9. The predicted octanol–water partition coefficient (Wildman–Crippen LogP) is 10.1. The molecule has 5 heteroatoms.